The summed E-state index contributed by atoms with van der Waals surface area (Å²) in [4.78, 5) is 0. The topological polar surface area (TPSA) is 12.0 Å². The minimum Gasteiger partial charge on any atom is -0.306 e. The van der Waals surface area contributed by atoms with Crippen molar-refractivity contribution in [3.05, 3.63) is 68.8 Å². The summed E-state index contributed by atoms with van der Waals surface area (Å²) in [5.74, 6) is 0. The van der Waals surface area contributed by atoms with Crippen LogP contribution in [0.25, 0.3) is 0 Å². The molecule has 0 bridgehead atoms. The average molecular weight is 351 g/mol. The van der Waals surface area contributed by atoms with Crippen molar-refractivity contribution in [1.82, 2.24) is 5.32 Å². The molecule has 0 saturated carbocycles. The monoisotopic (exact) mass is 351 g/mol. The maximum atomic E-state index is 3.58. The highest BCUT2D eigenvalue weighted by Crippen LogP contribution is 2.27. The van der Waals surface area contributed by atoms with Gasteiger partial charge in [-0.25, -0.2) is 0 Å². The molecule has 2 rings (SSSR count). The third-order valence-corrected chi connectivity index (χ3v) is 4.55. The van der Waals surface area contributed by atoms with Crippen molar-refractivity contribution in [2.45, 2.75) is 19.9 Å². The lowest BCUT2D eigenvalue weighted by atomic mass is 9.97. The lowest BCUT2D eigenvalue weighted by molar-refractivity contribution is 0.628. The van der Waals surface area contributed by atoms with E-state index in [0.717, 1.165) is 6.54 Å². The molecule has 0 saturated heterocycles. The van der Waals surface area contributed by atoms with Crippen LogP contribution in [0.1, 0.15) is 29.7 Å². The van der Waals surface area contributed by atoms with Crippen LogP contribution < -0.4 is 5.32 Å². The second kappa shape index (κ2) is 6.34. The van der Waals surface area contributed by atoms with Crippen molar-refractivity contribution in [1.29, 1.82) is 0 Å². The molecule has 0 amide bonds. The lowest BCUT2D eigenvalue weighted by Crippen LogP contribution is -2.23. The molecule has 2 heteroatoms. The minimum atomic E-state index is 0.281. The fraction of sp³-hybridized carbons (Fsp3) is 0.250. The van der Waals surface area contributed by atoms with Gasteiger partial charge < -0.3 is 5.32 Å². The molecule has 0 spiro atoms. The van der Waals surface area contributed by atoms with E-state index in [2.05, 4.69) is 90.3 Å². The minimum absolute atomic E-state index is 0.281. The number of nitrogens with one attached hydrogen (secondary N) is 1. The molecule has 1 nitrogen and oxygen atoms in total. The van der Waals surface area contributed by atoms with E-state index < -0.39 is 0 Å². The van der Waals surface area contributed by atoms with Crippen molar-refractivity contribution in [3.63, 3.8) is 0 Å². The first-order chi connectivity index (χ1) is 8.74. The Hall–Kier alpha value is -0.870. The van der Waals surface area contributed by atoms with E-state index in [0.29, 0.717) is 0 Å². The molecule has 1 atom stereocenters. The summed E-state index contributed by atoms with van der Waals surface area (Å²) < 4.78 is 1.35. The van der Waals surface area contributed by atoms with Gasteiger partial charge in [0.1, 0.15) is 0 Å². The number of hydrogen-bond donors (Lipinski definition) is 1. The zero-order valence-electron chi connectivity index (χ0n) is 10.8. The molecule has 18 heavy (non-hydrogen) atoms. The van der Waals surface area contributed by atoms with Gasteiger partial charge >= 0.3 is 0 Å². The maximum absolute atomic E-state index is 3.58. The lowest BCUT2D eigenvalue weighted by Gasteiger charge is -2.21. The third-order valence-electron chi connectivity index (χ3n) is 3.07. The largest absolute Gasteiger partial charge is 0.306 e. The smallest absolute Gasteiger partial charge is 0.0587 e. The summed E-state index contributed by atoms with van der Waals surface area (Å²) in [5, 5.41) is 3.58. The predicted molar refractivity (Wildman–Crippen MR) is 85.9 cm³/mol. The molecule has 94 valence electrons. The van der Waals surface area contributed by atoms with Crippen LogP contribution in [-0.4, -0.2) is 6.54 Å². The molecular weight excluding hydrogens is 333 g/mol. The normalized spacial score (nSPS) is 12.4. The van der Waals surface area contributed by atoms with Crippen LogP contribution in [0, 0.1) is 10.5 Å². The van der Waals surface area contributed by atoms with E-state index in [4.69, 9.17) is 0 Å². The van der Waals surface area contributed by atoms with E-state index >= 15 is 0 Å². The van der Waals surface area contributed by atoms with E-state index in [-0.39, 0.29) is 6.04 Å². The molecule has 0 aliphatic heterocycles. The Morgan fingerprint density at radius 2 is 1.78 bits per heavy atom. The summed E-state index contributed by atoms with van der Waals surface area (Å²) in [7, 11) is 0. The quantitative estimate of drug-likeness (QED) is 0.810. The summed E-state index contributed by atoms with van der Waals surface area (Å²) >= 11 is 2.45. The average Bonchev–Trinajstić information content (AvgIpc) is 2.41. The fourth-order valence-corrected chi connectivity index (χ4v) is 2.82. The zero-order valence-corrected chi connectivity index (χ0v) is 12.9. The van der Waals surface area contributed by atoms with Gasteiger partial charge in [-0.1, -0.05) is 55.5 Å². The van der Waals surface area contributed by atoms with Gasteiger partial charge in [0, 0.05) is 3.57 Å². The maximum Gasteiger partial charge on any atom is 0.0587 e. The van der Waals surface area contributed by atoms with Gasteiger partial charge in [0.2, 0.25) is 0 Å². The summed E-state index contributed by atoms with van der Waals surface area (Å²) in [6.07, 6.45) is 0. The van der Waals surface area contributed by atoms with Gasteiger partial charge in [-0.2, -0.15) is 0 Å². The molecule has 1 unspecified atom stereocenters. The second-order valence-corrected chi connectivity index (χ2v) is 5.46. The summed E-state index contributed by atoms with van der Waals surface area (Å²) in [5.41, 5.74) is 4.03. The van der Waals surface area contributed by atoms with Crippen LogP contribution in [0.5, 0.6) is 0 Å². The van der Waals surface area contributed by atoms with Gasteiger partial charge in [-0.15, -0.1) is 0 Å². The van der Waals surface area contributed by atoms with Gasteiger partial charge in [-0.3, -0.25) is 0 Å². The Morgan fingerprint density at radius 1 is 1.06 bits per heavy atom. The molecule has 0 fully saturated rings. The van der Waals surface area contributed by atoms with Crippen molar-refractivity contribution >= 4 is 22.6 Å². The summed E-state index contributed by atoms with van der Waals surface area (Å²) in [6.45, 7) is 5.28. The van der Waals surface area contributed by atoms with E-state index in [1.807, 2.05) is 0 Å². The molecule has 2 aromatic rings. The highest BCUT2D eigenvalue weighted by Gasteiger charge is 2.15. The Labute approximate surface area is 123 Å². The van der Waals surface area contributed by atoms with Crippen molar-refractivity contribution in [2.75, 3.05) is 6.54 Å². The van der Waals surface area contributed by atoms with Crippen LogP contribution in [0.15, 0.2) is 48.5 Å². The highest BCUT2D eigenvalue weighted by atomic mass is 127. The first-order valence-corrected chi connectivity index (χ1v) is 7.35. The van der Waals surface area contributed by atoms with Crippen molar-refractivity contribution < 1.29 is 0 Å². The number of halogens is 1. The molecule has 2 aromatic carbocycles. The van der Waals surface area contributed by atoms with E-state index in [9.17, 15) is 0 Å². The molecule has 0 aromatic heterocycles. The van der Waals surface area contributed by atoms with Crippen LogP contribution in [0.2, 0.25) is 0 Å². The van der Waals surface area contributed by atoms with E-state index in [1.165, 1.54) is 20.3 Å². The molecule has 0 heterocycles. The Bertz CT molecular complexity index is 508. The number of rotatable bonds is 4. The molecule has 0 aliphatic rings. The first-order valence-electron chi connectivity index (χ1n) is 6.27. The van der Waals surface area contributed by atoms with Gasteiger partial charge in [0.25, 0.3) is 0 Å². The highest BCUT2D eigenvalue weighted by molar-refractivity contribution is 14.1. The van der Waals surface area contributed by atoms with Crippen molar-refractivity contribution in [2.24, 2.45) is 0 Å². The predicted octanol–water partition coefficient (Wildman–Crippen LogP) is 4.30. The van der Waals surface area contributed by atoms with Crippen LogP contribution in [0.4, 0.5) is 0 Å². The first kappa shape index (κ1) is 13.6. The third kappa shape index (κ3) is 2.93. The molecular formula is C16H18IN. The Balaban J connectivity index is 2.45. The Kier molecular flexibility index (Phi) is 4.78. The summed E-state index contributed by atoms with van der Waals surface area (Å²) in [6, 6.07) is 17.4. The number of hydrogen-bond acceptors (Lipinski definition) is 1. The molecule has 0 aliphatic carbocycles. The Morgan fingerprint density at radius 3 is 2.44 bits per heavy atom. The SMILES string of the molecule is CCNC(c1ccccc1)c1cccc(C)c1I. The molecule has 0 radical (unpaired) electrons. The standard InChI is InChI=1S/C16H18IN/c1-3-18-16(13-9-5-4-6-10-13)14-11-7-8-12(2)15(14)17/h4-11,16,18H,3H2,1-2H3. The second-order valence-electron chi connectivity index (χ2n) is 4.38. The fourth-order valence-electron chi connectivity index (χ4n) is 2.15. The van der Waals surface area contributed by atoms with Gasteiger partial charge in [-0.05, 0) is 52.7 Å². The van der Waals surface area contributed by atoms with Crippen LogP contribution >= 0.6 is 22.6 Å². The van der Waals surface area contributed by atoms with Gasteiger partial charge in [0.05, 0.1) is 6.04 Å². The van der Waals surface area contributed by atoms with Gasteiger partial charge in [0.15, 0.2) is 0 Å². The number of benzene rings is 2. The van der Waals surface area contributed by atoms with Crippen LogP contribution in [0.3, 0.4) is 0 Å². The molecule has 1 N–H and O–H groups in total. The number of aryl methyl sites for hydroxylation is 1. The van der Waals surface area contributed by atoms with Crippen LogP contribution in [-0.2, 0) is 0 Å². The van der Waals surface area contributed by atoms with Crippen molar-refractivity contribution in [3.8, 4) is 0 Å². The zero-order chi connectivity index (χ0) is 13.0. The van der Waals surface area contributed by atoms with E-state index in [1.54, 1.807) is 0 Å².